The van der Waals surface area contributed by atoms with Gasteiger partial charge in [0, 0.05) is 0 Å². The number of anilines is 1. The molecule has 0 aromatic heterocycles. The van der Waals surface area contributed by atoms with Gasteiger partial charge in [-0.05, 0) is 30.7 Å². The number of benzene rings is 2. The fraction of sp³-hybridized carbons (Fsp3) is 0.263. The van der Waals surface area contributed by atoms with Crippen molar-refractivity contribution in [3.05, 3.63) is 59.7 Å². The van der Waals surface area contributed by atoms with Gasteiger partial charge in [0.2, 0.25) is 0 Å². The van der Waals surface area contributed by atoms with Gasteiger partial charge in [-0.15, -0.1) is 0 Å². The molecule has 28 heavy (non-hydrogen) atoms. The Labute approximate surface area is 158 Å². The Morgan fingerprint density at radius 3 is 2.50 bits per heavy atom. The van der Waals surface area contributed by atoms with E-state index in [1.807, 2.05) is 0 Å². The zero-order valence-corrected chi connectivity index (χ0v) is 14.7. The topological polar surface area (TPSA) is 75.9 Å². The lowest BCUT2D eigenvalue weighted by atomic mass is 9.82. The van der Waals surface area contributed by atoms with E-state index < -0.39 is 35.4 Å². The van der Waals surface area contributed by atoms with Gasteiger partial charge >= 0.3 is 18.2 Å². The first-order valence-electron chi connectivity index (χ1n) is 8.51. The van der Waals surface area contributed by atoms with Crippen molar-refractivity contribution in [1.82, 2.24) is 4.90 Å². The summed E-state index contributed by atoms with van der Waals surface area (Å²) in [5, 5.41) is 0. The van der Waals surface area contributed by atoms with E-state index in [0.717, 1.165) is 17.0 Å². The third-order valence-electron chi connectivity index (χ3n) is 5.26. The SMILES string of the molecule is CC1Oc2ccc(C(F)(F)F)cc2N2C(=O)N(C(N)=O)CC12c1ccccc1. The average molecular weight is 391 g/mol. The number of imide groups is 1. The summed E-state index contributed by atoms with van der Waals surface area (Å²) in [4.78, 5) is 26.9. The van der Waals surface area contributed by atoms with E-state index in [0.29, 0.717) is 5.56 Å². The molecule has 2 aromatic rings. The number of nitrogens with two attached hydrogens (primary N) is 1. The maximum absolute atomic E-state index is 13.3. The smallest absolute Gasteiger partial charge is 0.416 e. The van der Waals surface area contributed by atoms with Gasteiger partial charge in [0.1, 0.15) is 17.4 Å². The second-order valence-electron chi connectivity index (χ2n) is 6.77. The van der Waals surface area contributed by atoms with Crippen LogP contribution in [0.25, 0.3) is 0 Å². The monoisotopic (exact) mass is 391 g/mol. The van der Waals surface area contributed by atoms with E-state index in [9.17, 15) is 22.8 Å². The quantitative estimate of drug-likeness (QED) is 0.805. The fourth-order valence-corrected chi connectivity index (χ4v) is 3.91. The van der Waals surface area contributed by atoms with Crippen molar-refractivity contribution in [2.75, 3.05) is 11.4 Å². The summed E-state index contributed by atoms with van der Waals surface area (Å²) in [5.41, 5.74) is 3.82. The standard InChI is InChI=1S/C19H16F3N3O3/c1-11-18(12-5-3-2-4-6-12)10-24(16(23)26)17(27)25(18)14-9-13(19(20,21)22)7-8-15(14)28-11/h2-9,11H,10H2,1H3,(H2,23,26). The van der Waals surface area contributed by atoms with Crippen molar-refractivity contribution >= 4 is 17.7 Å². The molecule has 1 fully saturated rings. The van der Waals surface area contributed by atoms with Crippen LogP contribution in [0.5, 0.6) is 5.75 Å². The molecule has 146 valence electrons. The number of fused-ring (bicyclic) bond motifs is 3. The Morgan fingerprint density at radius 2 is 1.89 bits per heavy atom. The summed E-state index contributed by atoms with van der Waals surface area (Å²) >= 11 is 0. The first kappa shape index (κ1) is 18.1. The van der Waals surface area contributed by atoms with Crippen LogP contribution in [0.3, 0.4) is 0 Å². The molecule has 6 nitrogen and oxygen atoms in total. The zero-order valence-electron chi connectivity index (χ0n) is 14.7. The third kappa shape index (κ3) is 2.42. The predicted octanol–water partition coefficient (Wildman–Crippen LogP) is 3.70. The van der Waals surface area contributed by atoms with Gasteiger partial charge in [-0.1, -0.05) is 30.3 Å². The molecule has 1 saturated heterocycles. The number of carbonyl (C=O) groups is 2. The summed E-state index contributed by atoms with van der Waals surface area (Å²) in [6.45, 7) is 1.57. The number of halogens is 3. The molecular formula is C19H16F3N3O3. The van der Waals surface area contributed by atoms with Crippen LogP contribution >= 0.6 is 0 Å². The Morgan fingerprint density at radius 1 is 1.21 bits per heavy atom. The molecule has 0 radical (unpaired) electrons. The molecule has 0 bridgehead atoms. The minimum Gasteiger partial charge on any atom is -0.486 e. The predicted molar refractivity (Wildman–Crippen MR) is 93.8 cm³/mol. The highest BCUT2D eigenvalue weighted by atomic mass is 19.4. The molecule has 0 spiro atoms. The van der Waals surface area contributed by atoms with E-state index in [2.05, 4.69) is 0 Å². The van der Waals surface area contributed by atoms with Crippen LogP contribution in [-0.4, -0.2) is 29.6 Å². The lowest BCUT2D eigenvalue weighted by Crippen LogP contribution is -2.57. The van der Waals surface area contributed by atoms with E-state index in [1.54, 1.807) is 37.3 Å². The maximum atomic E-state index is 13.3. The van der Waals surface area contributed by atoms with Crippen LogP contribution in [0, 0.1) is 0 Å². The van der Waals surface area contributed by atoms with Gasteiger partial charge in [0.05, 0.1) is 17.8 Å². The zero-order chi connectivity index (χ0) is 20.3. The van der Waals surface area contributed by atoms with Crippen LogP contribution in [0.4, 0.5) is 28.4 Å². The van der Waals surface area contributed by atoms with Gasteiger partial charge in [0.15, 0.2) is 0 Å². The van der Waals surface area contributed by atoms with Gasteiger partial charge in [-0.2, -0.15) is 13.2 Å². The molecule has 2 heterocycles. The van der Waals surface area contributed by atoms with E-state index in [4.69, 9.17) is 10.5 Å². The molecule has 2 atom stereocenters. The molecule has 2 aromatic carbocycles. The Balaban J connectivity index is 1.98. The number of nitrogens with zero attached hydrogens (tertiary/aromatic N) is 2. The summed E-state index contributed by atoms with van der Waals surface area (Å²) in [5.74, 6) is 0.131. The number of hydrogen-bond donors (Lipinski definition) is 1. The van der Waals surface area contributed by atoms with Gasteiger partial charge < -0.3 is 10.5 Å². The van der Waals surface area contributed by atoms with E-state index in [-0.39, 0.29) is 18.0 Å². The van der Waals surface area contributed by atoms with Crippen molar-refractivity contribution in [3.63, 3.8) is 0 Å². The molecular weight excluding hydrogens is 375 g/mol. The van der Waals surface area contributed by atoms with Crippen molar-refractivity contribution in [3.8, 4) is 5.75 Å². The van der Waals surface area contributed by atoms with E-state index >= 15 is 0 Å². The number of amides is 4. The molecule has 0 saturated carbocycles. The molecule has 9 heteroatoms. The fourth-order valence-electron chi connectivity index (χ4n) is 3.91. The van der Waals surface area contributed by atoms with Crippen molar-refractivity contribution in [2.24, 2.45) is 5.73 Å². The summed E-state index contributed by atoms with van der Waals surface area (Å²) < 4.78 is 45.7. The Bertz CT molecular complexity index is 964. The number of hydrogen-bond acceptors (Lipinski definition) is 3. The second-order valence-corrected chi connectivity index (χ2v) is 6.77. The first-order valence-corrected chi connectivity index (χ1v) is 8.51. The Kier molecular flexibility index (Phi) is 3.81. The van der Waals surface area contributed by atoms with Crippen molar-refractivity contribution < 1.29 is 27.5 Å². The molecule has 4 rings (SSSR count). The lowest BCUT2D eigenvalue weighted by molar-refractivity contribution is -0.137. The highest BCUT2D eigenvalue weighted by Crippen LogP contribution is 2.51. The highest BCUT2D eigenvalue weighted by Gasteiger charge is 2.60. The molecule has 2 unspecified atom stereocenters. The number of ether oxygens (including phenoxy) is 1. The third-order valence-corrected chi connectivity index (χ3v) is 5.26. The number of urea groups is 2. The van der Waals surface area contributed by atoms with Gasteiger partial charge in [-0.25, -0.2) is 14.5 Å². The summed E-state index contributed by atoms with van der Waals surface area (Å²) in [7, 11) is 0. The maximum Gasteiger partial charge on any atom is 0.416 e. The normalized spacial score (nSPS) is 23.9. The minimum atomic E-state index is -4.60. The molecule has 2 N–H and O–H groups in total. The number of primary amides is 1. The largest absolute Gasteiger partial charge is 0.486 e. The van der Waals surface area contributed by atoms with Crippen LogP contribution in [0.1, 0.15) is 18.1 Å². The lowest BCUT2D eigenvalue weighted by Gasteiger charge is -2.46. The van der Waals surface area contributed by atoms with Crippen LogP contribution in [0.15, 0.2) is 48.5 Å². The number of alkyl halides is 3. The summed E-state index contributed by atoms with van der Waals surface area (Å²) in [6.07, 6.45) is -5.24. The van der Waals surface area contributed by atoms with Crippen LogP contribution in [-0.2, 0) is 11.7 Å². The van der Waals surface area contributed by atoms with Crippen molar-refractivity contribution in [1.29, 1.82) is 0 Å². The number of rotatable bonds is 1. The average Bonchev–Trinajstić information content (AvgIpc) is 2.97. The number of carbonyl (C=O) groups excluding carboxylic acids is 2. The summed E-state index contributed by atoms with van der Waals surface area (Å²) in [6, 6.07) is 9.92. The van der Waals surface area contributed by atoms with Gasteiger partial charge in [-0.3, -0.25) is 4.90 Å². The molecule has 2 aliphatic rings. The highest BCUT2D eigenvalue weighted by molar-refractivity contribution is 6.07. The molecule has 2 aliphatic heterocycles. The molecule has 0 aliphatic carbocycles. The van der Waals surface area contributed by atoms with E-state index in [1.165, 1.54) is 11.0 Å². The first-order chi connectivity index (χ1) is 13.2. The van der Waals surface area contributed by atoms with Crippen LogP contribution in [0.2, 0.25) is 0 Å². The van der Waals surface area contributed by atoms with Gasteiger partial charge in [0.25, 0.3) is 0 Å². The second kappa shape index (κ2) is 5.88. The van der Waals surface area contributed by atoms with Crippen molar-refractivity contribution in [2.45, 2.75) is 24.7 Å². The Hall–Kier alpha value is -3.23. The molecule has 4 amide bonds. The minimum absolute atomic E-state index is 0.0504. The van der Waals surface area contributed by atoms with Crippen LogP contribution < -0.4 is 15.4 Å².